The molecule has 0 bridgehead atoms. The lowest BCUT2D eigenvalue weighted by atomic mass is 9.87. The Morgan fingerprint density at radius 1 is 1.27 bits per heavy atom. The molecule has 0 aliphatic rings. The summed E-state index contributed by atoms with van der Waals surface area (Å²) in [5.74, 6) is -1.04. The number of thiazole rings is 1. The molecule has 0 amide bonds. The van der Waals surface area contributed by atoms with Crippen molar-refractivity contribution in [3.8, 4) is 0 Å². The summed E-state index contributed by atoms with van der Waals surface area (Å²) in [4.78, 5) is 16.3. The lowest BCUT2D eigenvalue weighted by molar-refractivity contribution is -0.143. The number of aryl methyl sites for hydroxylation is 1. The minimum Gasteiger partial charge on any atom is -0.480 e. The van der Waals surface area contributed by atoms with Gasteiger partial charge in [-0.25, -0.2) is 9.78 Å². The standard InChI is InChI=1S/C17H16N2O2S/c1-11-5-4-6-12(9-11)17(18,16(20)21)10-15-19-13-7-2-3-8-14(13)22-15/h2-9H,10,18H2,1H3,(H,20,21). The Bertz CT molecular complexity index is 810. The summed E-state index contributed by atoms with van der Waals surface area (Å²) in [6.07, 6.45) is 0.172. The minimum atomic E-state index is -1.47. The minimum absolute atomic E-state index is 0.172. The highest BCUT2D eigenvalue weighted by Crippen LogP contribution is 2.29. The van der Waals surface area contributed by atoms with Crippen molar-refractivity contribution in [3.63, 3.8) is 0 Å². The maximum Gasteiger partial charge on any atom is 0.328 e. The molecule has 1 unspecified atom stereocenters. The second-order valence-corrected chi connectivity index (χ2v) is 6.51. The number of carboxylic acid groups (broad SMARTS) is 1. The molecule has 0 fully saturated rings. The van der Waals surface area contributed by atoms with Crippen LogP contribution in [0.25, 0.3) is 10.2 Å². The van der Waals surface area contributed by atoms with E-state index in [2.05, 4.69) is 4.98 Å². The molecule has 0 radical (unpaired) electrons. The van der Waals surface area contributed by atoms with Gasteiger partial charge < -0.3 is 10.8 Å². The van der Waals surface area contributed by atoms with E-state index in [0.717, 1.165) is 20.8 Å². The Kier molecular flexibility index (Phi) is 3.68. The molecule has 3 aromatic rings. The van der Waals surface area contributed by atoms with Crippen LogP contribution in [0.15, 0.2) is 48.5 Å². The SMILES string of the molecule is Cc1cccc(C(N)(Cc2nc3ccccc3s2)C(=O)O)c1. The van der Waals surface area contributed by atoms with Gasteiger partial charge in [0.25, 0.3) is 0 Å². The summed E-state index contributed by atoms with van der Waals surface area (Å²) in [5, 5.41) is 10.4. The van der Waals surface area contributed by atoms with Gasteiger partial charge in [-0.1, -0.05) is 42.0 Å². The van der Waals surface area contributed by atoms with Crippen LogP contribution < -0.4 is 5.73 Å². The zero-order valence-corrected chi connectivity index (χ0v) is 12.9. The van der Waals surface area contributed by atoms with Crippen LogP contribution in [0, 0.1) is 6.92 Å². The maximum atomic E-state index is 11.8. The highest BCUT2D eigenvalue weighted by molar-refractivity contribution is 7.18. The van der Waals surface area contributed by atoms with Gasteiger partial charge in [-0.2, -0.15) is 0 Å². The fourth-order valence-corrected chi connectivity index (χ4v) is 3.52. The number of rotatable bonds is 4. The van der Waals surface area contributed by atoms with Crippen LogP contribution in [0.2, 0.25) is 0 Å². The van der Waals surface area contributed by atoms with E-state index in [9.17, 15) is 9.90 Å². The Hall–Kier alpha value is -2.24. The van der Waals surface area contributed by atoms with Crippen molar-refractivity contribution in [2.45, 2.75) is 18.9 Å². The predicted octanol–water partition coefficient (Wildman–Crippen LogP) is 3.09. The van der Waals surface area contributed by atoms with Crippen molar-refractivity contribution in [2.24, 2.45) is 5.73 Å². The molecule has 0 saturated carbocycles. The molecule has 5 heteroatoms. The van der Waals surface area contributed by atoms with Gasteiger partial charge in [0.2, 0.25) is 0 Å². The van der Waals surface area contributed by atoms with Gasteiger partial charge in [-0.3, -0.25) is 0 Å². The number of aliphatic carboxylic acids is 1. The van der Waals surface area contributed by atoms with Crippen LogP contribution in [-0.2, 0) is 16.8 Å². The number of nitrogens with two attached hydrogens (primary N) is 1. The lowest BCUT2D eigenvalue weighted by Crippen LogP contribution is -2.46. The van der Waals surface area contributed by atoms with Gasteiger partial charge in [0.05, 0.1) is 15.2 Å². The Morgan fingerprint density at radius 3 is 2.73 bits per heavy atom. The first-order chi connectivity index (χ1) is 10.5. The van der Waals surface area contributed by atoms with Gasteiger partial charge in [-0.15, -0.1) is 11.3 Å². The lowest BCUT2D eigenvalue weighted by Gasteiger charge is -2.24. The largest absolute Gasteiger partial charge is 0.480 e. The summed E-state index contributed by atoms with van der Waals surface area (Å²) in [6.45, 7) is 1.92. The van der Waals surface area contributed by atoms with Crippen LogP contribution in [-0.4, -0.2) is 16.1 Å². The number of para-hydroxylation sites is 1. The van der Waals surface area contributed by atoms with E-state index in [0.29, 0.717) is 5.56 Å². The molecule has 0 aliphatic heterocycles. The molecule has 3 rings (SSSR count). The van der Waals surface area contributed by atoms with E-state index in [-0.39, 0.29) is 6.42 Å². The fourth-order valence-electron chi connectivity index (χ4n) is 2.46. The molecule has 0 saturated heterocycles. The number of carbonyl (C=O) groups is 1. The van der Waals surface area contributed by atoms with Crippen LogP contribution in [0.1, 0.15) is 16.1 Å². The van der Waals surface area contributed by atoms with Crippen molar-refractivity contribution < 1.29 is 9.90 Å². The fraction of sp³-hybridized carbons (Fsp3) is 0.176. The van der Waals surface area contributed by atoms with E-state index in [1.54, 1.807) is 6.07 Å². The first-order valence-electron chi connectivity index (χ1n) is 6.93. The van der Waals surface area contributed by atoms with Gasteiger partial charge in [0.15, 0.2) is 0 Å². The van der Waals surface area contributed by atoms with E-state index >= 15 is 0 Å². The number of fused-ring (bicyclic) bond motifs is 1. The molecule has 3 N–H and O–H groups in total. The number of carboxylic acids is 1. The first kappa shape index (κ1) is 14.7. The summed E-state index contributed by atoms with van der Waals surface area (Å²) in [5.41, 5.74) is 7.23. The summed E-state index contributed by atoms with van der Waals surface area (Å²) in [6, 6.07) is 15.1. The number of aromatic nitrogens is 1. The Balaban J connectivity index is 2.02. The smallest absolute Gasteiger partial charge is 0.328 e. The highest BCUT2D eigenvalue weighted by Gasteiger charge is 2.37. The van der Waals surface area contributed by atoms with Gasteiger partial charge in [0.1, 0.15) is 5.54 Å². The summed E-state index contributed by atoms with van der Waals surface area (Å²) < 4.78 is 1.04. The molecule has 0 aliphatic carbocycles. The monoisotopic (exact) mass is 312 g/mol. The quantitative estimate of drug-likeness (QED) is 0.776. The zero-order chi connectivity index (χ0) is 15.7. The zero-order valence-electron chi connectivity index (χ0n) is 12.1. The van der Waals surface area contributed by atoms with Crippen molar-refractivity contribution in [1.29, 1.82) is 0 Å². The maximum absolute atomic E-state index is 11.8. The number of hydrogen-bond acceptors (Lipinski definition) is 4. The van der Waals surface area contributed by atoms with Crippen LogP contribution >= 0.6 is 11.3 Å². The summed E-state index contributed by atoms with van der Waals surface area (Å²) in [7, 11) is 0. The van der Waals surface area contributed by atoms with Crippen LogP contribution in [0.3, 0.4) is 0 Å². The normalized spacial score (nSPS) is 13.9. The third-order valence-corrected chi connectivity index (χ3v) is 4.72. The molecule has 2 aromatic carbocycles. The molecular weight excluding hydrogens is 296 g/mol. The predicted molar refractivity (Wildman–Crippen MR) is 88.0 cm³/mol. The molecule has 112 valence electrons. The average molecular weight is 312 g/mol. The van der Waals surface area contributed by atoms with E-state index in [1.807, 2.05) is 49.4 Å². The van der Waals surface area contributed by atoms with Crippen molar-refractivity contribution in [3.05, 3.63) is 64.7 Å². The molecule has 1 atom stereocenters. The van der Waals surface area contributed by atoms with E-state index < -0.39 is 11.5 Å². The second-order valence-electron chi connectivity index (χ2n) is 5.40. The average Bonchev–Trinajstić information content (AvgIpc) is 2.88. The first-order valence-corrected chi connectivity index (χ1v) is 7.74. The van der Waals surface area contributed by atoms with E-state index in [1.165, 1.54) is 11.3 Å². The van der Waals surface area contributed by atoms with Crippen molar-refractivity contribution in [1.82, 2.24) is 4.98 Å². The third kappa shape index (κ3) is 2.61. The molecule has 1 heterocycles. The molecule has 0 spiro atoms. The highest BCUT2D eigenvalue weighted by atomic mass is 32.1. The van der Waals surface area contributed by atoms with Crippen molar-refractivity contribution >= 4 is 27.5 Å². The number of benzene rings is 2. The van der Waals surface area contributed by atoms with Crippen molar-refractivity contribution in [2.75, 3.05) is 0 Å². The van der Waals surface area contributed by atoms with Crippen LogP contribution in [0.5, 0.6) is 0 Å². The number of hydrogen-bond donors (Lipinski definition) is 2. The second kappa shape index (κ2) is 5.51. The van der Waals surface area contributed by atoms with Gasteiger partial charge in [-0.05, 0) is 24.6 Å². The number of nitrogens with zero attached hydrogens (tertiary/aromatic N) is 1. The molecular formula is C17H16N2O2S. The molecule has 4 nitrogen and oxygen atoms in total. The Morgan fingerprint density at radius 2 is 2.05 bits per heavy atom. The summed E-state index contributed by atoms with van der Waals surface area (Å²) >= 11 is 1.49. The Labute approximate surface area is 132 Å². The van der Waals surface area contributed by atoms with E-state index in [4.69, 9.17) is 5.73 Å². The van der Waals surface area contributed by atoms with Crippen LogP contribution in [0.4, 0.5) is 0 Å². The van der Waals surface area contributed by atoms with Gasteiger partial charge >= 0.3 is 5.97 Å². The third-order valence-electron chi connectivity index (χ3n) is 3.68. The topological polar surface area (TPSA) is 76.2 Å². The molecule has 22 heavy (non-hydrogen) atoms. The van der Waals surface area contributed by atoms with Gasteiger partial charge in [0, 0.05) is 6.42 Å². The molecule has 1 aromatic heterocycles.